The summed E-state index contributed by atoms with van der Waals surface area (Å²) in [6.45, 7) is -0.106. The summed E-state index contributed by atoms with van der Waals surface area (Å²) in [5.74, 6) is -1.95. The van der Waals surface area contributed by atoms with Gasteiger partial charge in [0.05, 0.1) is 6.61 Å². The van der Waals surface area contributed by atoms with Gasteiger partial charge in [0.1, 0.15) is 5.75 Å². The molecular weight excluding hydrogens is 240 g/mol. The normalized spacial score (nSPS) is 10.4. The molecule has 0 aliphatic carbocycles. The maximum absolute atomic E-state index is 13.5. The summed E-state index contributed by atoms with van der Waals surface area (Å²) in [5, 5.41) is 8.86. The fourth-order valence-corrected chi connectivity index (χ4v) is 1.46. The molecule has 0 saturated carbocycles. The first-order chi connectivity index (χ1) is 8.60. The topological polar surface area (TPSA) is 55.5 Å². The Bertz CT molecular complexity index is 532. The first-order valence-corrected chi connectivity index (χ1v) is 5.22. The highest BCUT2D eigenvalue weighted by atomic mass is 19.1. The molecule has 2 rings (SSSR count). The Balaban J connectivity index is 2.28. The van der Waals surface area contributed by atoms with Gasteiger partial charge in [0.25, 0.3) is 0 Å². The van der Waals surface area contributed by atoms with Gasteiger partial charge >= 0.3 is 0 Å². The van der Waals surface area contributed by atoms with Crippen LogP contribution in [0.3, 0.4) is 0 Å². The third-order valence-corrected chi connectivity index (χ3v) is 2.35. The summed E-state index contributed by atoms with van der Waals surface area (Å²) >= 11 is 0. The van der Waals surface area contributed by atoms with Gasteiger partial charge in [-0.15, -0.1) is 0 Å². The highest BCUT2D eigenvalue weighted by molar-refractivity contribution is 5.45. The van der Waals surface area contributed by atoms with E-state index >= 15 is 0 Å². The van der Waals surface area contributed by atoms with Crippen molar-refractivity contribution in [3.05, 3.63) is 53.6 Å². The van der Waals surface area contributed by atoms with E-state index in [0.29, 0.717) is 5.56 Å². The molecule has 2 aromatic rings. The number of ether oxygens (including phenoxy) is 1. The maximum Gasteiger partial charge on any atom is 0.198 e. The molecule has 0 aromatic heterocycles. The van der Waals surface area contributed by atoms with Crippen molar-refractivity contribution < 1.29 is 18.6 Å². The zero-order valence-electron chi connectivity index (χ0n) is 9.36. The summed E-state index contributed by atoms with van der Waals surface area (Å²) in [4.78, 5) is 0. The molecular formula is C13H11F2NO2. The van der Waals surface area contributed by atoms with Crippen LogP contribution in [0.1, 0.15) is 5.56 Å². The highest BCUT2D eigenvalue weighted by Gasteiger charge is 2.12. The number of hydrogen-bond donors (Lipinski definition) is 2. The van der Waals surface area contributed by atoms with Crippen LogP contribution in [0.4, 0.5) is 14.5 Å². The van der Waals surface area contributed by atoms with Crippen LogP contribution in [0, 0.1) is 11.6 Å². The van der Waals surface area contributed by atoms with E-state index in [1.165, 1.54) is 12.1 Å². The minimum atomic E-state index is -0.862. The summed E-state index contributed by atoms with van der Waals surface area (Å²) < 4.78 is 32.0. The SMILES string of the molecule is Nc1cc(F)c(Oc2ccc(CO)cc2)c(F)c1. The van der Waals surface area contributed by atoms with Crippen LogP contribution >= 0.6 is 0 Å². The van der Waals surface area contributed by atoms with Gasteiger partial charge in [-0.2, -0.15) is 0 Å². The van der Waals surface area contributed by atoms with Crippen molar-refractivity contribution in [1.29, 1.82) is 0 Å². The summed E-state index contributed by atoms with van der Waals surface area (Å²) in [6, 6.07) is 8.20. The molecule has 0 spiro atoms. The van der Waals surface area contributed by atoms with Crippen LogP contribution in [-0.4, -0.2) is 5.11 Å². The second-order valence-electron chi connectivity index (χ2n) is 3.72. The molecule has 0 heterocycles. The Kier molecular flexibility index (Phi) is 3.43. The molecule has 0 bridgehead atoms. The van der Waals surface area contributed by atoms with Gasteiger partial charge in [0.2, 0.25) is 0 Å². The van der Waals surface area contributed by atoms with Crippen LogP contribution in [0.2, 0.25) is 0 Å². The average Bonchev–Trinajstić information content (AvgIpc) is 2.34. The molecule has 0 aliphatic heterocycles. The van der Waals surface area contributed by atoms with Gasteiger partial charge in [-0.3, -0.25) is 0 Å². The Hall–Kier alpha value is -2.14. The predicted octanol–water partition coefficient (Wildman–Crippen LogP) is 2.83. The van der Waals surface area contributed by atoms with E-state index in [-0.39, 0.29) is 18.0 Å². The second kappa shape index (κ2) is 5.01. The van der Waals surface area contributed by atoms with Gasteiger partial charge in [0.15, 0.2) is 17.4 Å². The van der Waals surface area contributed by atoms with Crippen molar-refractivity contribution in [2.45, 2.75) is 6.61 Å². The second-order valence-corrected chi connectivity index (χ2v) is 3.72. The monoisotopic (exact) mass is 251 g/mol. The van der Waals surface area contributed by atoms with E-state index in [9.17, 15) is 8.78 Å². The average molecular weight is 251 g/mol. The number of halogens is 2. The van der Waals surface area contributed by atoms with Gasteiger partial charge in [0, 0.05) is 17.8 Å². The van der Waals surface area contributed by atoms with Crippen molar-refractivity contribution in [3.63, 3.8) is 0 Å². The molecule has 0 unspecified atom stereocenters. The standard InChI is InChI=1S/C13H11F2NO2/c14-11-5-9(16)6-12(15)13(11)18-10-3-1-8(7-17)2-4-10/h1-6,17H,7,16H2. The first kappa shape index (κ1) is 12.3. The van der Waals surface area contributed by atoms with Gasteiger partial charge in [-0.05, 0) is 17.7 Å². The number of rotatable bonds is 3. The summed E-state index contributed by atoms with van der Waals surface area (Å²) in [5.41, 5.74) is 5.97. The van der Waals surface area contributed by atoms with Crippen LogP contribution in [0.15, 0.2) is 36.4 Å². The Morgan fingerprint density at radius 2 is 1.61 bits per heavy atom. The number of nitrogens with two attached hydrogens (primary N) is 1. The minimum absolute atomic E-state index is 0.00650. The van der Waals surface area contributed by atoms with Crippen LogP contribution < -0.4 is 10.5 Å². The van der Waals surface area contributed by atoms with Crippen molar-refractivity contribution >= 4 is 5.69 Å². The van der Waals surface area contributed by atoms with Gasteiger partial charge in [-0.25, -0.2) is 8.78 Å². The van der Waals surface area contributed by atoms with Crippen molar-refractivity contribution in [3.8, 4) is 11.5 Å². The lowest BCUT2D eigenvalue weighted by atomic mass is 10.2. The number of aliphatic hydroxyl groups is 1. The van der Waals surface area contributed by atoms with E-state index < -0.39 is 17.4 Å². The number of nitrogen functional groups attached to an aromatic ring is 1. The van der Waals surface area contributed by atoms with Gasteiger partial charge < -0.3 is 15.6 Å². The van der Waals surface area contributed by atoms with E-state index in [1.807, 2.05) is 0 Å². The smallest absolute Gasteiger partial charge is 0.198 e. The first-order valence-electron chi connectivity index (χ1n) is 5.22. The molecule has 94 valence electrons. The highest BCUT2D eigenvalue weighted by Crippen LogP contribution is 2.29. The molecule has 0 atom stereocenters. The molecule has 0 aliphatic rings. The molecule has 3 nitrogen and oxygen atoms in total. The number of benzene rings is 2. The number of hydrogen-bond acceptors (Lipinski definition) is 3. The zero-order chi connectivity index (χ0) is 13.1. The van der Waals surface area contributed by atoms with E-state index in [2.05, 4.69) is 0 Å². The molecule has 5 heteroatoms. The number of anilines is 1. The Morgan fingerprint density at radius 1 is 1.06 bits per heavy atom. The molecule has 18 heavy (non-hydrogen) atoms. The van der Waals surface area contributed by atoms with Crippen molar-refractivity contribution in [2.75, 3.05) is 5.73 Å². The lowest BCUT2D eigenvalue weighted by molar-refractivity contribution is 0.281. The Labute approximate surface area is 102 Å². The fourth-order valence-electron chi connectivity index (χ4n) is 1.46. The quantitative estimate of drug-likeness (QED) is 0.825. The molecule has 0 fully saturated rings. The van der Waals surface area contributed by atoms with E-state index in [4.69, 9.17) is 15.6 Å². The third-order valence-electron chi connectivity index (χ3n) is 2.35. The lowest BCUT2D eigenvalue weighted by Gasteiger charge is -2.09. The van der Waals surface area contributed by atoms with E-state index in [0.717, 1.165) is 12.1 Å². The third kappa shape index (κ3) is 2.57. The lowest BCUT2D eigenvalue weighted by Crippen LogP contribution is -1.96. The van der Waals surface area contributed by atoms with Crippen molar-refractivity contribution in [1.82, 2.24) is 0 Å². The fraction of sp³-hybridized carbons (Fsp3) is 0.0769. The van der Waals surface area contributed by atoms with Crippen LogP contribution in [0.25, 0.3) is 0 Å². The molecule has 0 radical (unpaired) electrons. The predicted molar refractivity (Wildman–Crippen MR) is 63.2 cm³/mol. The van der Waals surface area contributed by atoms with Crippen LogP contribution in [-0.2, 0) is 6.61 Å². The van der Waals surface area contributed by atoms with E-state index in [1.54, 1.807) is 12.1 Å². The maximum atomic E-state index is 13.5. The molecule has 0 amide bonds. The minimum Gasteiger partial charge on any atom is -0.451 e. The van der Waals surface area contributed by atoms with Gasteiger partial charge in [-0.1, -0.05) is 12.1 Å². The Morgan fingerprint density at radius 3 is 2.11 bits per heavy atom. The van der Waals surface area contributed by atoms with Crippen LogP contribution in [0.5, 0.6) is 11.5 Å². The van der Waals surface area contributed by atoms with Crippen molar-refractivity contribution in [2.24, 2.45) is 0 Å². The summed E-state index contributed by atoms with van der Waals surface area (Å²) in [7, 11) is 0. The largest absolute Gasteiger partial charge is 0.451 e. The molecule has 3 N–H and O–H groups in total. The summed E-state index contributed by atoms with van der Waals surface area (Å²) in [6.07, 6.45) is 0. The molecule has 2 aromatic carbocycles. The zero-order valence-corrected chi connectivity index (χ0v) is 9.36. The number of aliphatic hydroxyl groups excluding tert-OH is 1. The molecule has 0 saturated heterocycles.